The molecule has 3 aromatic carbocycles. The van der Waals surface area contributed by atoms with Crippen molar-refractivity contribution in [3.63, 3.8) is 0 Å². The maximum Gasteiger partial charge on any atom is 0.257 e. The number of hydrogen-bond donors (Lipinski definition) is 0. The number of benzene rings is 3. The average molecular weight is 489 g/mol. The molecule has 0 aliphatic carbocycles. The van der Waals surface area contributed by atoms with Crippen molar-refractivity contribution in [3.05, 3.63) is 101 Å². The summed E-state index contributed by atoms with van der Waals surface area (Å²) in [5, 5.41) is 6.28. The van der Waals surface area contributed by atoms with Crippen LogP contribution in [0.25, 0.3) is 0 Å². The Morgan fingerprint density at radius 1 is 0.917 bits per heavy atom. The third-order valence-corrected chi connectivity index (χ3v) is 7.16. The predicted octanol–water partition coefficient (Wildman–Crippen LogP) is 5.08. The molecule has 36 heavy (non-hydrogen) atoms. The minimum atomic E-state index is -0.357. The van der Waals surface area contributed by atoms with Crippen LogP contribution in [0.15, 0.2) is 71.8 Å². The van der Waals surface area contributed by atoms with Crippen molar-refractivity contribution in [1.82, 2.24) is 9.91 Å². The number of anilines is 1. The number of amides is 1. The van der Waals surface area contributed by atoms with Gasteiger partial charge in [0, 0.05) is 32.6 Å². The zero-order chi connectivity index (χ0) is 25.2. The van der Waals surface area contributed by atoms with E-state index in [9.17, 15) is 13.6 Å². The molecule has 5 rings (SSSR count). The molecule has 0 spiro atoms. The first kappa shape index (κ1) is 24.1. The molecule has 0 N–H and O–H groups in total. The summed E-state index contributed by atoms with van der Waals surface area (Å²) in [5.41, 5.74) is 5.49. The van der Waals surface area contributed by atoms with E-state index in [-0.39, 0.29) is 30.1 Å². The lowest BCUT2D eigenvalue weighted by Gasteiger charge is -2.36. The molecule has 5 nitrogen and oxygen atoms in total. The van der Waals surface area contributed by atoms with Crippen molar-refractivity contribution < 1.29 is 13.6 Å². The lowest BCUT2D eigenvalue weighted by atomic mass is 9.96. The third kappa shape index (κ3) is 5.02. The highest BCUT2D eigenvalue weighted by molar-refractivity contribution is 6.03. The van der Waals surface area contributed by atoms with Crippen LogP contribution in [-0.4, -0.2) is 54.3 Å². The van der Waals surface area contributed by atoms with Gasteiger partial charge in [-0.1, -0.05) is 36.4 Å². The molecule has 2 aliphatic rings. The van der Waals surface area contributed by atoms with Crippen molar-refractivity contribution in [2.75, 3.05) is 37.6 Å². The Balaban J connectivity index is 1.33. The normalized spacial score (nSPS) is 18.4. The predicted molar refractivity (Wildman–Crippen MR) is 138 cm³/mol. The molecule has 186 valence electrons. The highest BCUT2D eigenvalue weighted by Crippen LogP contribution is 2.33. The Labute approximate surface area is 210 Å². The molecule has 0 bridgehead atoms. The summed E-state index contributed by atoms with van der Waals surface area (Å²) < 4.78 is 28.2. The van der Waals surface area contributed by atoms with E-state index in [1.807, 2.05) is 23.1 Å². The van der Waals surface area contributed by atoms with Crippen molar-refractivity contribution in [2.24, 2.45) is 5.10 Å². The summed E-state index contributed by atoms with van der Waals surface area (Å²) in [6, 6.07) is 19.0. The van der Waals surface area contributed by atoms with Crippen LogP contribution in [0.5, 0.6) is 0 Å². The lowest BCUT2D eigenvalue weighted by molar-refractivity contribution is -0.134. The second-order valence-electron chi connectivity index (χ2n) is 9.57. The van der Waals surface area contributed by atoms with Crippen LogP contribution in [0.2, 0.25) is 0 Å². The maximum atomic E-state index is 14.2. The van der Waals surface area contributed by atoms with Crippen molar-refractivity contribution in [3.8, 4) is 0 Å². The number of hydrazone groups is 1. The average Bonchev–Trinajstić information content (AvgIpc) is 3.32. The Morgan fingerprint density at radius 2 is 1.69 bits per heavy atom. The summed E-state index contributed by atoms with van der Waals surface area (Å²) in [4.78, 5) is 17.6. The van der Waals surface area contributed by atoms with Gasteiger partial charge in [-0.25, -0.2) is 13.8 Å². The van der Waals surface area contributed by atoms with Gasteiger partial charge in [0.15, 0.2) is 0 Å². The Hall–Kier alpha value is -3.58. The van der Waals surface area contributed by atoms with Crippen LogP contribution in [0, 0.1) is 25.5 Å². The number of para-hydroxylation sites is 1. The van der Waals surface area contributed by atoms with E-state index in [4.69, 9.17) is 5.10 Å². The molecule has 0 saturated carbocycles. The number of hydrogen-bond acceptors (Lipinski definition) is 4. The van der Waals surface area contributed by atoms with Crippen LogP contribution < -0.4 is 4.90 Å². The standard InChI is InChI=1S/C29H30F2N4O/c1-20-10-11-22(16-21(20)2)26-18-28(23-6-5-7-24(30)17-23)35(32-26)29(36)19-33-12-14-34(15-13-33)27-9-4-3-8-25(27)31/h3-11,16-17,28H,12-15,18-19H2,1-2H3/t28-/m0/s1. The molecule has 2 heterocycles. The Morgan fingerprint density at radius 3 is 2.42 bits per heavy atom. The molecule has 0 radical (unpaired) electrons. The lowest BCUT2D eigenvalue weighted by Crippen LogP contribution is -2.49. The van der Waals surface area contributed by atoms with E-state index in [2.05, 4.69) is 30.9 Å². The molecular weight excluding hydrogens is 458 g/mol. The number of rotatable bonds is 5. The van der Waals surface area contributed by atoms with Gasteiger partial charge in [0.25, 0.3) is 5.91 Å². The molecule has 3 aromatic rings. The fourth-order valence-electron chi connectivity index (χ4n) is 4.93. The SMILES string of the molecule is Cc1ccc(C2=NN(C(=O)CN3CCN(c4ccccc4F)CC3)[C@H](c3cccc(F)c3)C2)cc1C. The van der Waals surface area contributed by atoms with Gasteiger partial charge in [-0.05, 0) is 66.4 Å². The van der Waals surface area contributed by atoms with E-state index in [0.29, 0.717) is 38.3 Å². The number of piperazine rings is 1. The smallest absolute Gasteiger partial charge is 0.257 e. The Kier molecular flexibility index (Phi) is 6.83. The highest BCUT2D eigenvalue weighted by Gasteiger charge is 2.34. The van der Waals surface area contributed by atoms with E-state index in [1.54, 1.807) is 18.2 Å². The minimum absolute atomic E-state index is 0.123. The van der Waals surface area contributed by atoms with Crippen LogP contribution in [-0.2, 0) is 4.79 Å². The monoisotopic (exact) mass is 488 g/mol. The largest absolute Gasteiger partial charge is 0.367 e. The number of nitrogens with zero attached hydrogens (tertiary/aromatic N) is 4. The fraction of sp³-hybridized carbons (Fsp3) is 0.310. The molecule has 1 atom stereocenters. The van der Waals surface area contributed by atoms with Gasteiger partial charge >= 0.3 is 0 Å². The molecule has 0 unspecified atom stereocenters. The van der Waals surface area contributed by atoms with Crippen LogP contribution in [0.4, 0.5) is 14.5 Å². The fourth-order valence-corrected chi connectivity index (χ4v) is 4.93. The first-order chi connectivity index (χ1) is 17.4. The zero-order valence-corrected chi connectivity index (χ0v) is 20.6. The second kappa shape index (κ2) is 10.2. The van der Waals surface area contributed by atoms with Gasteiger partial charge in [0.1, 0.15) is 11.6 Å². The van der Waals surface area contributed by atoms with Gasteiger partial charge in [0.05, 0.1) is 24.0 Å². The molecule has 0 aromatic heterocycles. The molecule has 2 aliphatic heterocycles. The minimum Gasteiger partial charge on any atom is -0.367 e. The second-order valence-corrected chi connectivity index (χ2v) is 9.57. The summed E-state index contributed by atoms with van der Waals surface area (Å²) in [5.74, 6) is -0.684. The molecular formula is C29H30F2N4O. The maximum absolute atomic E-state index is 14.2. The molecule has 1 fully saturated rings. The van der Waals surface area contributed by atoms with Crippen molar-refractivity contribution >= 4 is 17.3 Å². The van der Waals surface area contributed by atoms with E-state index >= 15 is 0 Å². The summed E-state index contributed by atoms with van der Waals surface area (Å²) in [6.45, 7) is 6.89. The third-order valence-electron chi connectivity index (χ3n) is 7.16. The van der Waals surface area contributed by atoms with E-state index in [0.717, 1.165) is 22.4 Å². The van der Waals surface area contributed by atoms with Crippen LogP contribution in [0.3, 0.4) is 0 Å². The Bertz CT molecular complexity index is 1300. The number of halogens is 2. The quantitative estimate of drug-likeness (QED) is 0.503. The van der Waals surface area contributed by atoms with Gasteiger partial charge in [-0.3, -0.25) is 9.69 Å². The van der Waals surface area contributed by atoms with Gasteiger partial charge < -0.3 is 4.90 Å². The zero-order valence-electron chi connectivity index (χ0n) is 20.6. The molecule has 1 amide bonds. The molecule has 7 heteroatoms. The highest BCUT2D eigenvalue weighted by atomic mass is 19.1. The van der Waals surface area contributed by atoms with Crippen LogP contribution >= 0.6 is 0 Å². The molecule has 1 saturated heterocycles. The van der Waals surface area contributed by atoms with E-state index in [1.165, 1.54) is 28.8 Å². The van der Waals surface area contributed by atoms with Crippen LogP contribution in [0.1, 0.15) is 34.7 Å². The number of carbonyl (C=O) groups excluding carboxylic acids is 1. The van der Waals surface area contributed by atoms with E-state index < -0.39 is 0 Å². The van der Waals surface area contributed by atoms with Gasteiger partial charge in [-0.2, -0.15) is 5.10 Å². The van der Waals surface area contributed by atoms with Crippen molar-refractivity contribution in [1.29, 1.82) is 0 Å². The number of carbonyl (C=O) groups is 1. The summed E-state index contributed by atoms with van der Waals surface area (Å²) >= 11 is 0. The van der Waals surface area contributed by atoms with Gasteiger partial charge in [0.2, 0.25) is 0 Å². The number of aryl methyl sites for hydroxylation is 2. The topological polar surface area (TPSA) is 39.2 Å². The summed E-state index contributed by atoms with van der Waals surface area (Å²) in [7, 11) is 0. The van der Waals surface area contributed by atoms with Gasteiger partial charge in [-0.15, -0.1) is 0 Å². The first-order valence-electron chi connectivity index (χ1n) is 12.3. The van der Waals surface area contributed by atoms with Crippen molar-refractivity contribution in [2.45, 2.75) is 26.3 Å². The summed E-state index contributed by atoms with van der Waals surface area (Å²) in [6.07, 6.45) is 0.527. The first-order valence-corrected chi connectivity index (χ1v) is 12.3.